The molecular formula is C21H29NO4. The van der Waals surface area contributed by atoms with Crippen molar-refractivity contribution >= 4 is 11.8 Å². The van der Waals surface area contributed by atoms with E-state index in [1.807, 2.05) is 52.8 Å². The molecule has 1 aliphatic heterocycles. The molecule has 1 aromatic rings. The summed E-state index contributed by atoms with van der Waals surface area (Å²) in [5.74, 6) is 0.279. The van der Waals surface area contributed by atoms with Gasteiger partial charge in [-0.15, -0.1) is 0 Å². The maximum Gasteiger partial charge on any atom is 0.235 e. The van der Waals surface area contributed by atoms with Gasteiger partial charge in [0.25, 0.3) is 0 Å². The Labute approximate surface area is 155 Å². The normalized spacial score (nSPS) is 28.4. The molecule has 1 heterocycles. The number of aliphatic hydroxyl groups excluding tert-OH is 1. The van der Waals surface area contributed by atoms with Crippen LogP contribution in [0.25, 0.3) is 0 Å². The summed E-state index contributed by atoms with van der Waals surface area (Å²) in [6.45, 7) is 9.92. The summed E-state index contributed by atoms with van der Waals surface area (Å²) in [4.78, 5) is 27.1. The van der Waals surface area contributed by atoms with E-state index in [9.17, 15) is 14.7 Å². The number of benzene rings is 1. The number of piperidine rings is 1. The van der Waals surface area contributed by atoms with Crippen LogP contribution in [0, 0.1) is 30.6 Å². The van der Waals surface area contributed by atoms with Gasteiger partial charge < -0.3 is 9.84 Å². The number of aliphatic hydroxyl groups is 1. The van der Waals surface area contributed by atoms with Crippen LogP contribution in [0.2, 0.25) is 0 Å². The fraction of sp³-hybridized carbons (Fsp3) is 0.619. The molecule has 142 valence electrons. The van der Waals surface area contributed by atoms with Crippen LogP contribution in [0.4, 0.5) is 0 Å². The van der Waals surface area contributed by atoms with Crippen LogP contribution in [0.1, 0.15) is 44.7 Å². The molecule has 2 amide bonds. The summed E-state index contributed by atoms with van der Waals surface area (Å²) >= 11 is 0. The maximum absolute atomic E-state index is 13.0. The zero-order valence-corrected chi connectivity index (χ0v) is 16.3. The quantitative estimate of drug-likeness (QED) is 0.821. The Hall–Kier alpha value is -1.88. The number of carbonyl (C=O) groups is 2. The largest absolute Gasteiger partial charge is 0.490 e. The molecule has 0 radical (unpaired) electrons. The summed E-state index contributed by atoms with van der Waals surface area (Å²) in [6, 6.07) is 5.86. The van der Waals surface area contributed by atoms with Crippen molar-refractivity contribution in [3.8, 4) is 5.75 Å². The molecule has 5 nitrogen and oxygen atoms in total. The molecule has 1 N–H and O–H groups in total. The van der Waals surface area contributed by atoms with E-state index < -0.39 is 11.5 Å². The fourth-order valence-electron chi connectivity index (χ4n) is 4.54. The lowest BCUT2D eigenvalue weighted by atomic mass is 9.62. The lowest BCUT2D eigenvalue weighted by Gasteiger charge is -2.48. The van der Waals surface area contributed by atoms with Crippen LogP contribution < -0.4 is 4.74 Å². The number of likely N-dealkylation sites (tertiary alicyclic amines) is 1. The highest BCUT2D eigenvalue weighted by Crippen LogP contribution is 2.60. The Morgan fingerprint density at radius 3 is 2.46 bits per heavy atom. The number of ether oxygens (including phenoxy) is 1. The Bertz CT molecular complexity index is 721. The molecule has 2 fully saturated rings. The monoisotopic (exact) mass is 359 g/mol. The molecule has 1 aromatic carbocycles. The molecular weight excluding hydrogens is 330 g/mol. The highest BCUT2D eigenvalue weighted by atomic mass is 16.5. The molecule has 5 heteroatoms. The zero-order chi connectivity index (χ0) is 19.3. The Morgan fingerprint density at radius 2 is 1.85 bits per heavy atom. The predicted octanol–water partition coefficient (Wildman–Crippen LogP) is 2.85. The molecule has 2 aliphatic rings. The summed E-state index contributed by atoms with van der Waals surface area (Å²) < 4.78 is 5.78. The number of rotatable bonds is 5. The van der Waals surface area contributed by atoms with E-state index in [0.29, 0.717) is 0 Å². The predicted molar refractivity (Wildman–Crippen MR) is 98.7 cm³/mol. The lowest BCUT2D eigenvalue weighted by molar-refractivity contribution is -0.169. The van der Waals surface area contributed by atoms with Crippen molar-refractivity contribution in [2.24, 2.45) is 16.7 Å². The third-order valence-corrected chi connectivity index (χ3v) is 6.73. The third kappa shape index (κ3) is 2.73. The molecule has 3 rings (SSSR count). The molecule has 3 atom stereocenters. The van der Waals surface area contributed by atoms with Gasteiger partial charge in [0.15, 0.2) is 0 Å². The number of imide groups is 1. The summed E-state index contributed by atoms with van der Waals surface area (Å²) in [5.41, 5.74) is 1.11. The van der Waals surface area contributed by atoms with Crippen molar-refractivity contribution in [3.05, 3.63) is 29.3 Å². The topological polar surface area (TPSA) is 66.8 Å². The van der Waals surface area contributed by atoms with Gasteiger partial charge in [-0.2, -0.15) is 0 Å². The van der Waals surface area contributed by atoms with Gasteiger partial charge in [0.05, 0.1) is 12.0 Å². The van der Waals surface area contributed by atoms with Gasteiger partial charge in [-0.05, 0) is 43.2 Å². The van der Waals surface area contributed by atoms with E-state index in [0.717, 1.165) is 29.7 Å². The van der Waals surface area contributed by atoms with E-state index >= 15 is 0 Å². The zero-order valence-electron chi connectivity index (χ0n) is 16.3. The van der Waals surface area contributed by atoms with Crippen molar-refractivity contribution in [3.63, 3.8) is 0 Å². The average molecular weight is 359 g/mol. The Balaban J connectivity index is 1.69. The van der Waals surface area contributed by atoms with E-state index in [4.69, 9.17) is 4.74 Å². The molecule has 1 saturated carbocycles. The van der Waals surface area contributed by atoms with Crippen molar-refractivity contribution < 1.29 is 19.4 Å². The van der Waals surface area contributed by atoms with Crippen LogP contribution in [0.3, 0.4) is 0 Å². The van der Waals surface area contributed by atoms with E-state index in [1.54, 1.807) is 0 Å². The molecule has 26 heavy (non-hydrogen) atoms. The van der Waals surface area contributed by atoms with Crippen molar-refractivity contribution in [1.82, 2.24) is 4.90 Å². The number of β-amino-alcohol motifs (C(OH)–C–C–N with tert-alkyl or cyclic N) is 1. The second-order valence-electron chi connectivity index (χ2n) is 8.58. The first-order chi connectivity index (χ1) is 12.1. The van der Waals surface area contributed by atoms with Gasteiger partial charge in [-0.25, -0.2) is 0 Å². The first kappa shape index (κ1) is 18.9. The number of fused-ring (bicyclic) bond motifs is 2. The number of para-hydroxylation sites is 1. The third-order valence-electron chi connectivity index (χ3n) is 6.73. The summed E-state index contributed by atoms with van der Waals surface area (Å²) in [5, 5.41) is 10.4. The van der Waals surface area contributed by atoms with Gasteiger partial charge >= 0.3 is 0 Å². The number of hydrogen-bond donors (Lipinski definition) is 1. The summed E-state index contributed by atoms with van der Waals surface area (Å²) in [6.07, 6.45) is 0.548. The molecule has 2 bridgehead atoms. The first-order valence-corrected chi connectivity index (χ1v) is 9.32. The molecule has 1 saturated heterocycles. The van der Waals surface area contributed by atoms with E-state index in [2.05, 4.69) is 0 Å². The number of nitrogens with zero attached hydrogens (tertiary/aromatic N) is 1. The highest BCUT2D eigenvalue weighted by Gasteiger charge is 2.64. The summed E-state index contributed by atoms with van der Waals surface area (Å²) in [7, 11) is 0. The van der Waals surface area contributed by atoms with Crippen LogP contribution in [-0.4, -0.2) is 41.1 Å². The minimum atomic E-state index is -0.911. The molecule has 1 aliphatic carbocycles. The van der Waals surface area contributed by atoms with Crippen molar-refractivity contribution in [1.29, 1.82) is 0 Å². The minimum absolute atomic E-state index is 0.00916. The van der Waals surface area contributed by atoms with Gasteiger partial charge in [-0.3, -0.25) is 14.5 Å². The number of aryl methyl sites for hydroxylation is 2. The second kappa shape index (κ2) is 6.38. The standard InChI is InChI=1S/C21H29NO4/c1-13-7-6-8-14(2)17(13)26-12-15(23)11-22-18(24)16-9-10-21(5,19(22)25)20(16,3)4/h6-8,15-16,23H,9-12H2,1-5H3/t15-,16-,21+/m1/s1. The highest BCUT2D eigenvalue weighted by molar-refractivity contribution is 6.03. The molecule has 0 spiro atoms. The fourth-order valence-corrected chi connectivity index (χ4v) is 4.54. The lowest BCUT2D eigenvalue weighted by Crippen LogP contribution is -2.60. The Morgan fingerprint density at radius 1 is 1.23 bits per heavy atom. The number of amides is 2. The van der Waals surface area contributed by atoms with Gasteiger partial charge in [0, 0.05) is 5.92 Å². The number of hydrogen-bond acceptors (Lipinski definition) is 4. The van der Waals surface area contributed by atoms with Gasteiger partial charge in [0.1, 0.15) is 18.5 Å². The van der Waals surface area contributed by atoms with Gasteiger partial charge in [-0.1, -0.05) is 39.0 Å². The van der Waals surface area contributed by atoms with Crippen molar-refractivity contribution in [2.45, 2.75) is 53.6 Å². The van der Waals surface area contributed by atoms with E-state index in [-0.39, 0.29) is 36.3 Å². The smallest absolute Gasteiger partial charge is 0.235 e. The van der Waals surface area contributed by atoms with Crippen LogP contribution in [0.15, 0.2) is 18.2 Å². The van der Waals surface area contributed by atoms with Gasteiger partial charge in [0.2, 0.25) is 11.8 Å². The van der Waals surface area contributed by atoms with Crippen molar-refractivity contribution in [2.75, 3.05) is 13.2 Å². The SMILES string of the molecule is Cc1cccc(C)c1OC[C@H](O)CN1C(=O)[C@H]2CC[C@@](C)(C1=O)C2(C)C. The Kier molecular flexibility index (Phi) is 4.63. The molecule has 0 aromatic heterocycles. The molecule has 0 unspecified atom stereocenters. The second-order valence-corrected chi connectivity index (χ2v) is 8.58. The number of carbonyl (C=O) groups excluding carboxylic acids is 2. The minimum Gasteiger partial charge on any atom is -0.490 e. The van der Waals surface area contributed by atoms with Crippen LogP contribution in [0.5, 0.6) is 5.75 Å². The van der Waals surface area contributed by atoms with Crippen LogP contribution in [-0.2, 0) is 9.59 Å². The maximum atomic E-state index is 13.0. The first-order valence-electron chi connectivity index (χ1n) is 9.32. The van der Waals surface area contributed by atoms with E-state index in [1.165, 1.54) is 4.90 Å². The average Bonchev–Trinajstić information content (AvgIpc) is 2.75. The van der Waals surface area contributed by atoms with Crippen LogP contribution >= 0.6 is 0 Å².